The molecule has 2 aromatic heterocycles. The number of aryl methyl sites for hydroxylation is 1. The maximum Gasteiger partial charge on any atom is 0.257 e. The fourth-order valence-corrected chi connectivity index (χ4v) is 4.31. The highest BCUT2D eigenvalue weighted by atomic mass is 16.5. The van der Waals surface area contributed by atoms with Gasteiger partial charge in [-0.3, -0.25) is 9.69 Å². The molecule has 1 aliphatic heterocycles. The summed E-state index contributed by atoms with van der Waals surface area (Å²) in [4.78, 5) is 18.7. The van der Waals surface area contributed by atoms with Crippen LogP contribution in [-0.2, 0) is 20.1 Å². The first kappa shape index (κ1) is 18.4. The molecular formula is C23H28N4O2. The van der Waals surface area contributed by atoms with Crippen LogP contribution in [0.4, 0.5) is 0 Å². The largest absolute Gasteiger partial charge is 0.490 e. The minimum Gasteiger partial charge on any atom is -0.490 e. The number of hydrogen-bond donors (Lipinski definition) is 0. The van der Waals surface area contributed by atoms with Gasteiger partial charge in [-0.25, -0.2) is 4.98 Å². The smallest absolute Gasteiger partial charge is 0.257 e. The topological polar surface area (TPSA) is 52.3 Å². The summed E-state index contributed by atoms with van der Waals surface area (Å²) in [5.41, 5.74) is 2.08. The quantitative estimate of drug-likeness (QED) is 0.647. The van der Waals surface area contributed by atoms with Crippen LogP contribution in [0, 0.1) is 5.92 Å². The Morgan fingerprint density at radius 3 is 2.76 bits per heavy atom. The van der Waals surface area contributed by atoms with Crippen LogP contribution in [0.2, 0.25) is 0 Å². The average Bonchev–Trinajstić information content (AvgIpc) is 3.45. The van der Waals surface area contributed by atoms with Crippen LogP contribution in [0.25, 0.3) is 10.9 Å². The van der Waals surface area contributed by atoms with Gasteiger partial charge in [-0.15, -0.1) is 0 Å². The maximum atomic E-state index is 12.2. The lowest BCUT2D eigenvalue weighted by Gasteiger charge is -2.32. The van der Waals surface area contributed by atoms with Gasteiger partial charge in [0.2, 0.25) is 0 Å². The van der Waals surface area contributed by atoms with Crippen molar-refractivity contribution in [3.05, 3.63) is 58.9 Å². The summed E-state index contributed by atoms with van der Waals surface area (Å²) in [6.45, 7) is 3.65. The SMILES string of the molecule is Cn1cncc(CN2CCC(Oc3cccc4c3ccn4CC3CC3)CC2)c1=O. The third-order valence-corrected chi connectivity index (χ3v) is 6.21. The second-order valence-corrected chi connectivity index (χ2v) is 8.53. The van der Waals surface area contributed by atoms with Gasteiger partial charge in [0.15, 0.2) is 0 Å². The lowest BCUT2D eigenvalue weighted by molar-refractivity contribution is 0.0976. The van der Waals surface area contributed by atoms with Crippen molar-refractivity contribution in [3.63, 3.8) is 0 Å². The first-order valence-corrected chi connectivity index (χ1v) is 10.6. The Labute approximate surface area is 170 Å². The summed E-state index contributed by atoms with van der Waals surface area (Å²) in [6, 6.07) is 8.59. The van der Waals surface area contributed by atoms with Crippen molar-refractivity contribution >= 4 is 10.9 Å². The Balaban J connectivity index is 1.22. The van der Waals surface area contributed by atoms with E-state index in [1.54, 1.807) is 24.1 Å². The van der Waals surface area contributed by atoms with E-state index < -0.39 is 0 Å². The lowest BCUT2D eigenvalue weighted by Crippen LogP contribution is -2.39. The zero-order valence-corrected chi connectivity index (χ0v) is 17.0. The highest BCUT2D eigenvalue weighted by molar-refractivity contribution is 5.86. The Hall–Kier alpha value is -2.60. The number of likely N-dealkylation sites (tertiary alicyclic amines) is 1. The van der Waals surface area contributed by atoms with E-state index in [4.69, 9.17) is 4.74 Å². The second kappa shape index (κ2) is 7.67. The molecule has 5 rings (SSSR count). The molecular weight excluding hydrogens is 364 g/mol. The molecule has 1 aliphatic carbocycles. The molecule has 152 valence electrons. The third kappa shape index (κ3) is 3.94. The van der Waals surface area contributed by atoms with Crippen molar-refractivity contribution < 1.29 is 4.74 Å². The molecule has 2 fully saturated rings. The van der Waals surface area contributed by atoms with Gasteiger partial charge in [0.05, 0.1) is 11.8 Å². The van der Waals surface area contributed by atoms with Crippen LogP contribution in [-0.4, -0.2) is 38.2 Å². The van der Waals surface area contributed by atoms with Crippen molar-refractivity contribution in [1.82, 2.24) is 19.0 Å². The van der Waals surface area contributed by atoms with E-state index in [-0.39, 0.29) is 11.7 Å². The van der Waals surface area contributed by atoms with Gasteiger partial charge in [0.1, 0.15) is 11.9 Å². The first-order chi connectivity index (χ1) is 14.2. The first-order valence-electron chi connectivity index (χ1n) is 10.6. The molecule has 1 saturated carbocycles. The molecule has 0 N–H and O–H groups in total. The van der Waals surface area contributed by atoms with Crippen LogP contribution < -0.4 is 10.3 Å². The van der Waals surface area contributed by atoms with Crippen LogP contribution >= 0.6 is 0 Å². The average molecular weight is 393 g/mol. The molecule has 0 atom stereocenters. The van der Waals surface area contributed by atoms with Crippen molar-refractivity contribution in [3.8, 4) is 5.75 Å². The van der Waals surface area contributed by atoms with Crippen LogP contribution in [0.3, 0.4) is 0 Å². The number of ether oxygens (including phenoxy) is 1. The molecule has 6 nitrogen and oxygen atoms in total. The van der Waals surface area contributed by atoms with E-state index >= 15 is 0 Å². The minimum atomic E-state index is 0.0424. The molecule has 0 amide bonds. The molecule has 1 saturated heterocycles. The number of fused-ring (bicyclic) bond motifs is 1. The van der Waals surface area contributed by atoms with Gasteiger partial charge in [0.25, 0.3) is 5.56 Å². The van der Waals surface area contributed by atoms with Crippen LogP contribution in [0.5, 0.6) is 5.75 Å². The number of benzene rings is 1. The Bertz CT molecular complexity index is 1060. The second-order valence-electron chi connectivity index (χ2n) is 8.53. The van der Waals surface area contributed by atoms with Gasteiger partial charge >= 0.3 is 0 Å². The zero-order chi connectivity index (χ0) is 19.8. The van der Waals surface area contributed by atoms with E-state index in [1.807, 2.05) is 0 Å². The summed E-state index contributed by atoms with van der Waals surface area (Å²) in [5.74, 6) is 1.85. The zero-order valence-electron chi connectivity index (χ0n) is 17.0. The molecule has 0 bridgehead atoms. The normalized spacial score (nSPS) is 18.4. The van der Waals surface area contributed by atoms with Crippen LogP contribution in [0.1, 0.15) is 31.2 Å². The van der Waals surface area contributed by atoms with E-state index in [0.717, 1.165) is 49.7 Å². The number of nitrogens with zero attached hydrogens (tertiary/aromatic N) is 4. The molecule has 3 heterocycles. The Morgan fingerprint density at radius 2 is 1.97 bits per heavy atom. The number of piperidine rings is 1. The molecule has 2 aliphatic rings. The summed E-state index contributed by atoms with van der Waals surface area (Å²) in [7, 11) is 1.75. The minimum absolute atomic E-state index is 0.0424. The Kier molecular flexibility index (Phi) is 4.87. The molecule has 1 aromatic carbocycles. The van der Waals surface area contributed by atoms with Gasteiger partial charge in [0, 0.05) is 56.6 Å². The van der Waals surface area contributed by atoms with Crippen molar-refractivity contribution in [2.24, 2.45) is 13.0 Å². The predicted molar refractivity (Wildman–Crippen MR) is 113 cm³/mol. The number of aromatic nitrogens is 3. The maximum absolute atomic E-state index is 12.2. The summed E-state index contributed by atoms with van der Waals surface area (Å²) >= 11 is 0. The van der Waals surface area contributed by atoms with E-state index in [1.165, 1.54) is 23.7 Å². The third-order valence-electron chi connectivity index (χ3n) is 6.21. The van der Waals surface area contributed by atoms with Crippen molar-refractivity contribution in [2.45, 2.75) is 44.9 Å². The van der Waals surface area contributed by atoms with Crippen molar-refractivity contribution in [2.75, 3.05) is 13.1 Å². The monoisotopic (exact) mass is 392 g/mol. The fraction of sp³-hybridized carbons (Fsp3) is 0.478. The molecule has 29 heavy (non-hydrogen) atoms. The van der Waals surface area contributed by atoms with Gasteiger partial charge < -0.3 is 13.9 Å². The standard InChI is InChI=1S/C23H28N4O2/c1-25-16-24-13-18(23(25)28)15-26-10-7-19(8-11-26)29-22-4-2-3-21-20(22)9-12-27(21)14-17-5-6-17/h2-4,9,12-13,16-17,19H,5-8,10-11,14-15H2,1H3. The molecule has 3 aromatic rings. The van der Waals surface area contributed by atoms with Gasteiger partial charge in [-0.2, -0.15) is 0 Å². The van der Waals surface area contributed by atoms with Gasteiger partial charge in [-0.1, -0.05) is 6.07 Å². The molecule has 6 heteroatoms. The van der Waals surface area contributed by atoms with Gasteiger partial charge in [-0.05, 0) is 49.8 Å². The van der Waals surface area contributed by atoms with Crippen LogP contribution in [0.15, 0.2) is 47.8 Å². The molecule has 0 unspecified atom stereocenters. The number of rotatable bonds is 6. The fourth-order valence-electron chi connectivity index (χ4n) is 4.31. The molecule has 0 spiro atoms. The van der Waals surface area contributed by atoms with E-state index in [0.29, 0.717) is 6.54 Å². The summed E-state index contributed by atoms with van der Waals surface area (Å²) in [5, 5.41) is 1.22. The highest BCUT2D eigenvalue weighted by Crippen LogP contribution is 2.34. The van der Waals surface area contributed by atoms with Crippen molar-refractivity contribution in [1.29, 1.82) is 0 Å². The number of hydrogen-bond acceptors (Lipinski definition) is 4. The lowest BCUT2D eigenvalue weighted by atomic mass is 10.1. The Morgan fingerprint density at radius 1 is 1.14 bits per heavy atom. The van der Waals surface area contributed by atoms with E-state index in [2.05, 4.69) is 44.9 Å². The molecule has 0 radical (unpaired) electrons. The summed E-state index contributed by atoms with van der Waals surface area (Å²) < 4.78 is 10.3. The van der Waals surface area contributed by atoms with E-state index in [9.17, 15) is 4.79 Å². The highest BCUT2D eigenvalue weighted by Gasteiger charge is 2.24. The summed E-state index contributed by atoms with van der Waals surface area (Å²) in [6.07, 6.45) is 10.3. The predicted octanol–water partition coefficient (Wildman–Crippen LogP) is 3.19.